The highest BCUT2D eigenvalue weighted by atomic mass is 35.5. The number of amides is 2. The van der Waals surface area contributed by atoms with Crippen LogP contribution in [0.1, 0.15) is 25.3 Å². The molecule has 0 fully saturated rings. The van der Waals surface area contributed by atoms with Gasteiger partial charge in [-0.25, -0.2) is 8.42 Å². The molecule has 1 aliphatic rings. The van der Waals surface area contributed by atoms with Crippen molar-refractivity contribution < 1.29 is 18.0 Å². The monoisotopic (exact) mass is 452 g/mol. The molecule has 6 nitrogen and oxygen atoms in total. The molecule has 0 spiro atoms. The Labute approximate surface area is 179 Å². The molecule has 2 aromatic carbocycles. The second-order valence-electron chi connectivity index (χ2n) is 6.77. The highest BCUT2D eigenvalue weighted by Crippen LogP contribution is 2.33. The SMILES string of the molecule is CC(CC(=O)NCc1ccc(Cl)cc1)S(=O)(=O)c1ccc2c(c1)NC(=O)CCS2. The van der Waals surface area contributed by atoms with Crippen LogP contribution >= 0.6 is 23.4 Å². The largest absolute Gasteiger partial charge is 0.352 e. The second kappa shape index (κ2) is 9.19. The van der Waals surface area contributed by atoms with E-state index >= 15 is 0 Å². The molecule has 1 atom stereocenters. The average Bonchev–Trinajstić information content (AvgIpc) is 2.87. The number of carbonyl (C=O) groups excluding carboxylic acids is 2. The summed E-state index contributed by atoms with van der Waals surface area (Å²) in [5.41, 5.74) is 1.37. The lowest BCUT2D eigenvalue weighted by atomic mass is 10.2. The molecule has 0 aromatic heterocycles. The van der Waals surface area contributed by atoms with Gasteiger partial charge >= 0.3 is 0 Å². The average molecular weight is 453 g/mol. The number of carbonyl (C=O) groups is 2. The number of thioether (sulfide) groups is 1. The van der Waals surface area contributed by atoms with Crippen molar-refractivity contribution in [1.29, 1.82) is 0 Å². The lowest BCUT2D eigenvalue weighted by Gasteiger charge is -2.15. The fourth-order valence-electron chi connectivity index (χ4n) is 2.85. The molecule has 29 heavy (non-hydrogen) atoms. The van der Waals surface area contributed by atoms with E-state index in [-0.39, 0.29) is 23.1 Å². The van der Waals surface area contributed by atoms with Crippen molar-refractivity contribution in [3.8, 4) is 0 Å². The van der Waals surface area contributed by atoms with E-state index in [1.165, 1.54) is 30.8 Å². The van der Waals surface area contributed by atoms with E-state index in [0.717, 1.165) is 10.5 Å². The molecule has 2 aromatic rings. The van der Waals surface area contributed by atoms with Gasteiger partial charge in [-0.15, -0.1) is 11.8 Å². The maximum atomic E-state index is 12.9. The summed E-state index contributed by atoms with van der Waals surface area (Å²) in [5, 5.41) is 5.18. The van der Waals surface area contributed by atoms with Crippen LogP contribution in [0.3, 0.4) is 0 Å². The molecule has 0 aliphatic carbocycles. The van der Waals surface area contributed by atoms with Crippen molar-refractivity contribution >= 4 is 50.7 Å². The zero-order chi connectivity index (χ0) is 21.0. The Morgan fingerprint density at radius 3 is 2.69 bits per heavy atom. The second-order valence-corrected chi connectivity index (χ2v) is 10.7. The first-order valence-electron chi connectivity index (χ1n) is 9.07. The van der Waals surface area contributed by atoms with Crippen LogP contribution in [0.15, 0.2) is 52.3 Å². The molecule has 1 unspecified atom stereocenters. The predicted molar refractivity (Wildman–Crippen MR) is 115 cm³/mol. The molecule has 2 amide bonds. The van der Waals surface area contributed by atoms with Gasteiger partial charge in [0.25, 0.3) is 0 Å². The zero-order valence-corrected chi connectivity index (χ0v) is 18.2. The standard InChI is InChI=1S/C20H21ClN2O4S2/c1-13(10-20(25)22-12-14-2-4-15(21)5-3-14)29(26,27)16-6-7-18-17(11-16)23-19(24)8-9-28-18/h2-7,11,13H,8-10,12H2,1H3,(H,22,25)(H,23,24). The summed E-state index contributed by atoms with van der Waals surface area (Å²) in [4.78, 5) is 24.9. The minimum absolute atomic E-state index is 0.0945. The first kappa shape index (κ1) is 21.7. The third-order valence-electron chi connectivity index (χ3n) is 4.55. The van der Waals surface area contributed by atoms with Crippen LogP contribution in [0.4, 0.5) is 5.69 Å². The maximum absolute atomic E-state index is 12.9. The minimum Gasteiger partial charge on any atom is -0.352 e. The topological polar surface area (TPSA) is 92.3 Å². The fourth-order valence-corrected chi connectivity index (χ4v) is 5.29. The van der Waals surface area contributed by atoms with Crippen LogP contribution in [-0.2, 0) is 26.0 Å². The smallest absolute Gasteiger partial charge is 0.225 e. The molecular weight excluding hydrogens is 432 g/mol. The number of nitrogens with one attached hydrogen (secondary N) is 2. The molecule has 154 valence electrons. The Hall–Kier alpha value is -2.03. The van der Waals surface area contributed by atoms with Gasteiger partial charge < -0.3 is 10.6 Å². The Balaban J connectivity index is 1.66. The summed E-state index contributed by atoms with van der Waals surface area (Å²) < 4.78 is 25.8. The van der Waals surface area contributed by atoms with Crippen LogP contribution < -0.4 is 10.6 Å². The third kappa shape index (κ3) is 5.52. The zero-order valence-electron chi connectivity index (χ0n) is 15.8. The van der Waals surface area contributed by atoms with Crippen LogP contribution in [0.25, 0.3) is 0 Å². The van der Waals surface area contributed by atoms with Crippen molar-refractivity contribution in [2.75, 3.05) is 11.1 Å². The third-order valence-corrected chi connectivity index (χ3v) is 8.01. The molecule has 0 saturated carbocycles. The van der Waals surface area contributed by atoms with Gasteiger partial charge in [0.1, 0.15) is 0 Å². The molecule has 9 heteroatoms. The molecule has 3 rings (SSSR count). The highest BCUT2D eigenvalue weighted by molar-refractivity contribution is 7.99. The molecular formula is C20H21ClN2O4S2. The van der Waals surface area contributed by atoms with Gasteiger partial charge in [-0.3, -0.25) is 9.59 Å². The van der Waals surface area contributed by atoms with E-state index in [4.69, 9.17) is 11.6 Å². The lowest BCUT2D eigenvalue weighted by molar-refractivity contribution is -0.121. The van der Waals surface area contributed by atoms with Crippen molar-refractivity contribution in [3.63, 3.8) is 0 Å². The number of benzene rings is 2. The lowest BCUT2D eigenvalue weighted by Crippen LogP contribution is -2.29. The normalized spacial score (nSPS) is 15.0. The highest BCUT2D eigenvalue weighted by Gasteiger charge is 2.27. The number of hydrogen-bond acceptors (Lipinski definition) is 5. The minimum atomic E-state index is -3.72. The van der Waals surface area contributed by atoms with Crippen LogP contribution in [0, 0.1) is 0 Å². The number of hydrogen-bond donors (Lipinski definition) is 2. The summed E-state index contributed by atoms with van der Waals surface area (Å²) in [6.45, 7) is 1.81. The van der Waals surface area contributed by atoms with E-state index in [9.17, 15) is 18.0 Å². The maximum Gasteiger partial charge on any atom is 0.225 e. The summed E-state index contributed by atoms with van der Waals surface area (Å²) in [6, 6.07) is 11.8. The number of fused-ring (bicyclic) bond motifs is 1. The van der Waals surface area contributed by atoms with Gasteiger partial charge in [0, 0.05) is 35.1 Å². The van der Waals surface area contributed by atoms with Crippen LogP contribution in [0.5, 0.6) is 0 Å². The van der Waals surface area contributed by atoms with E-state index in [0.29, 0.717) is 29.4 Å². The van der Waals surface area contributed by atoms with Crippen molar-refractivity contribution in [1.82, 2.24) is 5.32 Å². The van der Waals surface area contributed by atoms with Crippen LogP contribution in [-0.4, -0.2) is 31.2 Å². The molecule has 0 saturated heterocycles. The fraction of sp³-hybridized carbons (Fsp3) is 0.300. The van der Waals surface area contributed by atoms with Gasteiger partial charge in [0.2, 0.25) is 11.8 Å². The van der Waals surface area contributed by atoms with E-state index in [2.05, 4.69) is 10.6 Å². The van der Waals surface area contributed by atoms with Crippen molar-refractivity contribution in [3.05, 3.63) is 53.1 Å². The van der Waals surface area contributed by atoms with Crippen LogP contribution in [0.2, 0.25) is 5.02 Å². The summed E-state index contributed by atoms with van der Waals surface area (Å²) in [5.74, 6) is 0.157. The molecule has 2 N–H and O–H groups in total. The molecule has 1 heterocycles. The molecule has 1 aliphatic heterocycles. The van der Waals surface area contributed by atoms with Gasteiger partial charge in [-0.1, -0.05) is 23.7 Å². The number of sulfone groups is 1. The quantitative estimate of drug-likeness (QED) is 0.698. The van der Waals surface area contributed by atoms with E-state index < -0.39 is 15.1 Å². The molecule has 0 bridgehead atoms. The molecule has 0 radical (unpaired) electrons. The first-order chi connectivity index (χ1) is 13.8. The van der Waals surface area contributed by atoms with Gasteiger partial charge in [-0.05, 0) is 42.8 Å². The van der Waals surface area contributed by atoms with E-state index in [1.807, 2.05) is 0 Å². The first-order valence-corrected chi connectivity index (χ1v) is 12.0. The Bertz CT molecular complexity index is 1020. The van der Waals surface area contributed by atoms with Gasteiger partial charge in [-0.2, -0.15) is 0 Å². The number of rotatable bonds is 6. The van der Waals surface area contributed by atoms with Gasteiger partial charge in [0.15, 0.2) is 9.84 Å². The van der Waals surface area contributed by atoms with Crippen molar-refractivity contribution in [2.24, 2.45) is 0 Å². The Morgan fingerprint density at radius 2 is 1.97 bits per heavy atom. The van der Waals surface area contributed by atoms with Crippen molar-refractivity contribution in [2.45, 2.75) is 41.4 Å². The summed E-state index contributed by atoms with van der Waals surface area (Å²) >= 11 is 7.34. The predicted octanol–water partition coefficient (Wildman–Crippen LogP) is 3.64. The number of anilines is 1. The van der Waals surface area contributed by atoms with E-state index in [1.54, 1.807) is 30.3 Å². The Morgan fingerprint density at radius 1 is 1.24 bits per heavy atom. The Kier molecular flexibility index (Phi) is 6.87. The summed E-state index contributed by atoms with van der Waals surface area (Å²) in [6.07, 6.45) is 0.222. The number of halogens is 1. The van der Waals surface area contributed by atoms with Gasteiger partial charge in [0.05, 0.1) is 15.8 Å². The summed E-state index contributed by atoms with van der Waals surface area (Å²) in [7, 11) is -3.72.